The lowest BCUT2D eigenvalue weighted by Crippen LogP contribution is -2.40. The van der Waals surface area contributed by atoms with Gasteiger partial charge in [0.15, 0.2) is 0 Å². The average molecular weight is 327 g/mol. The van der Waals surface area contributed by atoms with Crippen LogP contribution in [0.25, 0.3) is 0 Å². The normalized spacial score (nSPS) is 12.3. The third-order valence-corrected chi connectivity index (χ3v) is 4.61. The molecule has 0 fully saturated rings. The number of hydrogen-bond acceptors (Lipinski definition) is 2. The summed E-state index contributed by atoms with van der Waals surface area (Å²) >= 11 is 0. The van der Waals surface area contributed by atoms with Crippen molar-refractivity contribution in [3.8, 4) is 0 Å². The SMILES string of the molecule is CCCCCCCCCCCCCCCCNC(=O)C(N)CC. The van der Waals surface area contributed by atoms with Gasteiger partial charge in [-0.1, -0.05) is 97.3 Å². The van der Waals surface area contributed by atoms with Crippen molar-refractivity contribution in [3.05, 3.63) is 0 Å². The van der Waals surface area contributed by atoms with Gasteiger partial charge < -0.3 is 11.1 Å². The summed E-state index contributed by atoms with van der Waals surface area (Å²) in [6.45, 7) is 5.00. The first kappa shape index (κ1) is 22.4. The van der Waals surface area contributed by atoms with Crippen LogP contribution in [0.4, 0.5) is 0 Å². The number of nitrogens with one attached hydrogen (secondary N) is 1. The van der Waals surface area contributed by atoms with Crippen LogP contribution in [0, 0.1) is 0 Å². The van der Waals surface area contributed by atoms with Gasteiger partial charge >= 0.3 is 0 Å². The van der Waals surface area contributed by atoms with E-state index >= 15 is 0 Å². The van der Waals surface area contributed by atoms with Gasteiger partial charge in [0.1, 0.15) is 0 Å². The molecule has 1 amide bonds. The number of carbonyl (C=O) groups excluding carboxylic acids is 1. The van der Waals surface area contributed by atoms with Crippen molar-refractivity contribution in [2.75, 3.05) is 6.54 Å². The Bertz CT molecular complexity index is 256. The molecule has 3 N–H and O–H groups in total. The Morgan fingerprint density at radius 1 is 0.739 bits per heavy atom. The van der Waals surface area contributed by atoms with Crippen LogP contribution in [-0.4, -0.2) is 18.5 Å². The van der Waals surface area contributed by atoms with E-state index in [1.165, 1.54) is 83.5 Å². The third kappa shape index (κ3) is 16.1. The molecule has 0 rings (SSSR count). The van der Waals surface area contributed by atoms with Crippen LogP contribution < -0.4 is 11.1 Å². The number of amides is 1. The average Bonchev–Trinajstić information content (AvgIpc) is 2.57. The molecule has 1 atom stereocenters. The molecule has 3 nitrogen and oxygen atoms in total. The van der Waals surface area contributed by atoms with Gasteiger partial charge in [-0.05, 0) is 12.8 Å². The summed E-state index contributed by atoms with van der Waals surface area (Å²) in [5, 5.41) is 2.91. The molecule has 0 saturated carbocycles. The second-order valence-corrected chi connectivity index (χ2v) is 6.90. The summed E-state index contributed by atoms with van der Waals surface area (Å²) in [7, 11) is 0. The molecular weight excluding hydrogens is 284 g/mol. The van der Waals surface area contributed by atoms with E-state index in [4.69, 9.17) is 5.73 Å². The highest BCUT2D eigenvalue weighted by Crippen LogP contribution is 2.12. The number of carbonyl (C=O) groups is 1. The van der Waals surface area contributed by atoms with Gasteiger partial charge in [0.2, 0.25) is 5.91 Å². The Balaban J connectivity index is 3.09. The lowest BCUT2D eigenvalue weighted by Gasteiger charge is -2.09. The lowest BCUT2D eigenvalue weighted by atomic mass is 10.0. The first-order valence-corrected chi connectivity index (χ1v) is 10.3. The van der Waals surface area contributed by atoms with Gasteiger partial charge in [-0.15, -0.1) is 0 Å². The van der Waals surface area contributed by atoms with Gasteiger partial charge in [-0.25, -0.2) is 0 Å². The molecule has 0 aromatic rings. The maximum absolute atomic E-state index is 11.5. The summed E-state index contributed by atoms with van der Waals surface area (Å²) in [6, 6.07) is -0.332. The van der Waals surface area contributed by atoms with Crippen molar-refractivity contribution in [3.63, 3.8) is 0 Å². The molecule has 0 aliphatic rings. The largest absolute Gasteiger partial charge is 0.355 e. The van der Waals surface area contributed by atoms with Crippen LogP contribution in [-0.2, 0) is 4.79 Å². The van der Waals surface area contributed by atoms with Crippen molar-refractivity contribution in [2.45, 2.75) is 116 Å². The maximum atomic E-state index is 11.5. The molecule has 3 heteroatoms. The summed E-state index contributed by atoms with van der Waals surface area (Å²) in [5.41, 5.74) is 5.67. The first-order chi connectivity index (χ1) is 11.2. The fraction of sp³-hybridized carbons (Fsp3) is 0.950. The van der Waals surface area contributed by atoms with Crippen LogP contribution in [0.15, 0.2) is 0 Å². The fourth-order valence-corrected chi connectivity index (χ4v) is 2.85. The van der Waals surface area contributed by atoms with E-state index in [0.717, 1.165) is 13.0 Å². The number of hydrogen-bond donors (Lipinski definition) is 2. The van der Waals surface area contributed by atoms with E-state index in [1.807, 2.05) is 6.92 Å². The Morgan fingerprint density at radius 3 is 1.52 bits per heavy atom. The summed E-state index contributed by atoms with van der Waals surface area (Å²) in [4.78, 5) is 11.5. The highest BCUT2D eigenvalue weighted by atomic mass is 16.2. The van der Waals surface area contributed by atoms with E-state index in [0.29, 0.717) is 6.42 Å². The summed E-state index contributed by atoms with van der Waals surface area (Å²) < 4.78 is 0. The van der Waals surface area contributed by atoms with Crippen LogP contribution in [0.3, 0.4) is 0 Å². The predicted molar refractivity (Wildman–Crippen MR) is 102 cm³/mol. The minimum Gasteiger partial charge on any atom is -0.355 e. The Morgan fingerprint density at radius 2 is 1.13 bits per heavy atom. The van der Waals surface area contributed by atoms with Crippen LogP contribution in [0.1, 0.15) is 110 Å². The second kappa shape index (κ2) is 17.8. The zero-order chi connectivity index (χ0) is 17.2. The van der Waals surface area contributed by atoms with Crippen molar-refractivity contribution in [2.24, 2.45) is 5.73 Å². The van der Waals surface area contributed by atoms with E-state index in [1.54, 1.807) is 0 Å². The molecule has 0 radical (unpaired) electrons. The zero-order valence-corrected chi connectivity index (χ0v) is 15.9. The Hall–Kier alpha value is -0.570. The standard InChI is InChI=1S/C20H42N2O/c1-3-5-6-7-8-9-10-11-12-13-14-15-16-17-18-22-20(23)19(21)4-2/h19H,3-18,21H2,1-2H3,(H,22,23). The van der Waals surface area contributed by atoms with Gasteiger partial charge in [0.25, 0.3) is 0 Å². The molecule has 0 bridgehead atoms. The molecule has 1 unspecified atom stereocenters. The zero-order valence-electron chi connectivity index (χ0n) is 15.9. The Kier molecular flexibility index (Phi) is 17.3. The quantitative estimate of drug-likeness (QED) is 0.355. The van der Waals surface area contributed by atoms with Crippen LogP contribution >= 0.6 is 0 Å². The van der Waals surface area contributed by atoms with Gasteiger partial charge in [0.05, 0.1) is 6.04 Å². The number of rotatable bonds is 17. The lowest BCUT2D eigenvalue weighted by molar-refractivity contribution is -0.122. The second-order valence-electron chi connectivity index (χ2n) is 6.90. The molecule has 0 aliphatic heterocycles. The highest BCUT2D eigenvalue weighted by Gasteiger charge is 2.08. The first-order valence-electron chi connectivity index (χ1n) is 10.3. The maximum Gasteiger partial charge on any atom is 0.236 e. The molecule has 0 aromatic carbocycles. The van der Waals surface area contributed by atoms with E-state index in [-0.39, 0.29) is 11.9 Å². The van der Waals surface area contributed by atoms with Gasteiger partial charge in [-0.2, -0.15) is 0 Å². The molecule has 0 saturated heterocycles. The molecule has 0 heterocycles. The Labute approximate surface area is 145 Å². The number of unbranched alkanes of at least 4 members (excludes halogenated alkanes) is 13. The van der Waals surface area contributed by atoms with E-state index in [2.05, 4.69) is 12.2 Å². The molecule has 0 aliphatic carbocycles. The minimum absolute atomic E-state index is 0.00203. The molecule has 138 valence electrons. The molecular formula is C20H42N2O. The van der Waals surface area contributed by atoms with Crippen LogP contribution in [0.2, 0.25) is 0 Å². The van der Waals surface area contributed by atoms with Crippen molar-refractivity contribution in [1.29, 1.82) is 0 Å². The van der Waals surface area contributed by atoms with Crippen molar-refractivity contribution >= 4 is 5.91 Å². The van der Waals surface area contributed by atoms with Gasteiger partial charge in [0, 0.05) is 6.54 Å². The van der Waals surface area contributed by atoms with Crippen LogP contribution in [0.5, 0.6) is 0 Å². The van der Waals surface area contributed by atoms with Crippen molar-refractivity contribution < 1.29 is 4.79 Å². The van der Waals surface area contributed by atoms with E-state index < -0.39 is 0 Å². The van der Waals surface area contributed by atoms with Crippen molar-refractivity contribution in [1.82, 2.24) is 5.32 Å². The fourth-order valence-electron chi connectivity index (χ4n) is 2.85. The monoisotopic (exact) mass is 326 g/mol. The summed E-state index contributed by atoms with van der Waals surface area (Å²) in [5.74, 6) is 0.00203. The smallest absolute Gasteiger partial charge is 0.236 e. The third-order valence-electron chi connectivity index (χ3n) is 4.61. The van der Waals surface area contributed by atoms with Gasteiger partial charge in [-0.3, -0.25) is 4.79 Å². The topological polar surface area (TPSA) is 55.1 Å². The molecule has 0 spiro atoms. The highest BCUT2D eigenvalue weighted by molar-refractivity contribution is 5.81. The summed E-state index contributed by atoms with van der Waals surface area (Å²) in [6.07, 6.45) is 19.8. The molecule has 0 aromatic heterocycles. The molecule has 23 heavy (non-hydrogen) atoms. The predicted octanol–water partition coefficient (Wildman–Crippen LogP) is 5.32. The minimum atomic E-state index is -0.332. The van der Waals surface area contributed by atoms with E-state index in [9.17, 15) is 4.79 Å². The number of nitrogens with two attached hydrogens (primary N) is 1.